The second kappa shape index (κ2) is 11.9. The molecule has 1 saturated heterocycles. The van der Waals surface area contributed by atoms with Gasteiger partial charge in [0.15, 0.2) is 11.5 Å². The first-order valence-corrected chi connectivity index (χ1v) is 13.3. The number of likely N-dealkylation sites (tertiary alicyclic amines) is 1. The third-order valence-corrected chi connectivity index (χ3v) is 6.09. The third-order valence-electron chi connectivity index (χ3n) is 6.09. The van der Waals surface area contributed by atoms with Crippen molar-refractivity contribution in [3.8, 4) is 23.1 Å². The summed E-state index contributed by atoms with van der Waals surface area (Å²) in [5.41, 5.74) is -0.423. The Balaban J connectivity index is 1.60. The van der Waals surface area contributed by atoms with E-state index in [0.29, 0.717) is 43.3 Å². The average molecular weight is 553 g/mol. The molecule has 2 amide bonds. The molecule has 0 bridgehead atoms. The van der Waals surface area contributed by atoms with Crippen LogP contribution in [0.3, 0.4) is 0 Å². The van der Waals surface area contributed by atoms with Crippen molar-refractivity contribution in [2.45, 2.75) is 71.8 Å². The van der Waals surface area contributed by atoms with Crippen molar-refractivity contribution < 1.29 is 23.8 Å². The zero-order valence-corrected chi connectivity index (χ0v) is 23.8. The van der Waals surface area contributed by atoms with E-state index in [1.54, 1.807) is 29.2 Å². The van der Waals surface area contributed by atoms with Gasteiger partial charge in [0.1, 0.15) is 29.7 Å². The molecule has 12 heteroatoms. The molecule has 3 aromatic heterocycles. The maximum absolute atomic E-state index is 13.7. The van der Waals surface area contributed by atoms with Crippen LogP contribution in [0.25, 0.3) is 22.6 Å². The lowest BCUT2D eigenvalue weighted by Crippen LogP contribution is -2.44. The highest BCUT2D eigenvalue weighted by molar-refractivity contribution is 5.80. The lowest BCUT2D eigenvalue weighted by molar-refractivity contribution is -0.122. The number of fused-ring (bicyclic) bond motifs is 1. The van der Waals surface area contributed by atoms with Crippen LogP contribution < -0.4 is 20.3 Å². The zero-order valence-electron chi connectivity index (χ0n) is 23.8. The highest BCUT2D eigenvalue weighted by atomic mass is 16.6. The summed E-state index contributed by atoms with van der Waals surface area (Å²) >= 11 is 0. The maximum atomic E-state index is 13.7. The summed E-state index contributed by atoms with van der Waals surface area (Å²) in [5.74, 6) is 0.623. The topological polar surface area (TPSA) is 138 Å². The summed E-state index contributed by atoms with van der Waals surface area (Å²) in [4.78, 5) is 53.8. The van der Waals surface area contributed by atoms with Gasteiger partial charge >= 0.3 is 6.09 Å². The van der Waals surface area contributed by atoms with Crippen LogP contribution in [0.2, 0.25) is 0 Å². The van der Waals surface area contributed by atoms with Gasteiger partial charge in [-0.1, -0.05) is 6.07 Å². The molecule has 0 aromatic carbocycles. The van der Waals surface area contributed by atoms with Gasteiger partial charge in [0.05, 0.1) is 18.7 Å². The summed E-state index contributed by atoms with van der Waals surface area (Å²) in [7, 11) is 1.49. The molecule has 214 valence electrons. The molecule has 40 heavy (non-hydrogen) atoms. The number of rotatable bonds is 7. The maximum Gasteiger partial charge on any atom is 0.410 e. The predicted octanol–water partition coefficient (Wildman–Crippen LogP) is 3.17. The van der Waals surface area contributed by atoms with E-state index < -0.39 is 11.2 Å². The Morgan fingerprint density at radius 2 is 1.88 bits per heavy atom. The fourth-order valence-corrected chi connectivity index (χ4v) is 4.33. The molecular weight excluding hydrogens is 516 g/mol. The van der Waals surface area contributed by atoms with Gasteiger partial charge in [0.25, 0.3) is 5.56 Å². The first-order chi connectivity index (χ1) is 18.9. The van der Waals surface area contributed by atoms with Crippen molar-refractivity contribution in [2.75, 3.05) is 20.2 Å². The molecule has 1 N–H and O–H groups in total. The Morgan fingerprint density at radius 3 is 2.52 bits per heavy atom. The van der Waals surface area contributed by atoms with Gasteiger partial charge < -0.3 is 24.4 Å². The molecule has 12 nitrogen and oxygen atoms in total. The number of carbonyl (C=O) groups is 2. The molecule has 4 heterocycles. The molecular formula is C28H36N6O6. The molecule has 0 aliphatic carbocycles. The van der Waals surface area contributed by atoms with Crippen LogP contribution in [0, 0.1) is 0 Å². The van der Waals surface area contributed by atoms with Gasteiger partial charge in [0.2, 0.25) is 11.8 Å². The molecule has 0 spiro atoms. The highest BCUT2D eigenvalue weighted by Crippen LogP contribution is 2.24. The van der Waals surface area contributed by atoms with Crippen LogP contribution in [-0.2, 0) is 16.1 Å². The molecule has 0 radical (unpaired) electrons. The molecule has 0 saturated carbocycles. The predicted molar refractivity (Wildman–Crippen MR) is 148 cm³/mol. The van der Waals surface area contributed by atoms with Gasteiger partial charge in [-0.25, -0.2) is 19.7 Å². The van der Waals surface area contributed by atoms with Crippen LogP contribution in [0.5, 0.6) is 11.6 Å². The smallest absolute Gasteiger partial charge is 0.410 e. The minimum atomic E-state index is -0.555. The number of hydrogen-bond acceptors (Lipinski definition) is 9. The van der Waals surface area contributed by atoms with Crippen molar-refractivity contribution in [1.29, 1.82) is 0 Å². The molecule has 0 unspecified atom stereocenters. The Kier molecular flexibility index (Phi) is 8.55. The van der Waals surface area contributed by atoms with Crippen LogP contribution in [0.1, 0.15) is 47.5 Å². The number of pyridine rings is 2. The largest absolute Gasteiger partial charge is 0.489 e. The number of nitrogens with zero attached hydrogens (tertiary/aromatic N) is 5. The summed E-state index contributed by atoms with van der Waals surface area (Å²) in [6.45, 7) is 9.94. The van der Waals surface area contributed by atoms with E-state index in [-0.39, 0.29) is 47.5 Å². The third kappa shape index (κ3) is 7.04. The van der Waals surface area contributed by atoms with Gasteiger partial charge in [-0.05, 0) is 46.8 Å². The van der Waals surface area contributed by atoms with Crippen molar-refractivity contribution in [3.05, 3.63) is 40.8 Å². The van der Waals surface area contributed by atoms with E-state index in [2.05, 4.69) is 20.3 Å². The van der Waals surface area contributed by atoms with E-state index in [9.17, 15) is 14.4 Å². The Hall–Kier alpha value is -4.22. The van der Waals surface area contributed by atoms with Gasteiger partial charge in [-0.3, -0.25) is 14.2 Å². The molecule has 1 aliphatic heterocycles. The second-order valence-electron chi connectivity index (χ2n) is 10.9. The van der Waals surface area contributed by atoms with Gasteiger partial charge in [-0.15, -0.1) is 0 Å². The van der Waals surface area contributed by atoms with Crippen LogP contribution in [0.4, 0.5) is 4.79 Å². The van der Waals surface area contributed by atoms with Crippen molar-refractivity contribution in [1.82, 2.24) is 29.7 Å². The van der Waals surface area contributed by atoms with Gasteiger partial charge in [-0.2, -0.15) is 0 Å². The van der Waals surface area contributed by atoms with E-state index >= 15 is 0 Å². The van der Waals surface area contributed by atoms with Crippen molar-refractivity contribution >= 4 is 23.0 Å². The van der Waals surface area contributed by atoms with E-state index in [1.165, 1.54) is 17.9 Å². The Morgan fingerprint density at radius 1 is 1.15 bits per heavy atom. The van der Waals surface area contributed by atoms with Crippen molar-refractivity contribution in [3.63, 3.8) is 0 Å². The van der Waals surface area contributed by atoms with E-state index in [1.807, 2.05) is 34.6 Å². The number of piperidine rings is 1. The molecule has 1 fully saturated rings. The summed E-state index contributed by atoms with van der Waals surface area (Å²) in [6.07, 6.45) is 2.23. The Bertz CT molecular complexity index is 1440. The monoisotopic (exact) mass is 552 g/mol. The lowest BCUT2D eigenvalue weighted by atomic mass is 10.1. The fourth-order valence-electron chi connectivity index (χ4n) is 4.33. The molecule has 0 atom stereocenters. The standard InChI is InChI=1S/C28H36N6O6/c1-17(2)30-22(35)16-34-25(21-8-7-9-23(31-21)38-6)32-24-20(26(34)36)14-19(15-29-24)39-18-10-12-33(13-11-18)27(37)40-28(3,4)5/h7-9,14-15,17-18H,10-13,16H2,1-6H3,(H,30,35). The number of amides is 2. The number of methoxy groups -OCH3 is 1. The number of aromatic nitrogens is 4. The second-order valence-corrected chi connectivity index (χ2v) is 10.9. The SMILES string of the molecule is COc1cccc(-c2nc3ncc(OC4CCN(C(=O)OC(C)(C)C)CC4)cc3c(=O)n2CC(=O)NC(C)C)n1. The summed E-state index contributed by atoms with van der Waals surface area (Å²) in [6, 6.07) is 6.59. The van der Waals surface area contributed by atoms with Crippen molar-refractivity contribution in [2.24, 2.45) is 0 Å². The van der Waals surface area contributed by atoms with Crippen LogP contribution in [-0.4, -0.2) is 74.4 Å². The number of nitrogens with one attached hydrogen (secondary N) is 1. The molecule has 1 aliphatic rings. The number of carbonyl (C=O) groups excluding carboxylic acids is 2. The minimum Gasteiger partial charge on any atom is -0.489 e. The number of ether oxygens (including phenoxy) is 3. The summed E-state index contributed by atoms with van der Waals surface area (Å²) < 4.78 is 18.1. The summed E-state index contributed by atoms with van der Waals surface area (Å²) in [5, 5.41) is 3.02. The van der Waals surface area contributed by atoms with Crippen LogP contribution >= 0.6 is 0 Å². The highest BCUT2D eigenvalue weighted by Gasteiger charge is 2.28. The minimum absolute atomic E-state index is 0.0987. The van der Waals surface area contributed by atoms with E-state index in [0.717, 1.165) is 0 Å². The van der Waals surface area contributed by atoms with E-state index in [4.69, 9.17) is 14.2 Å². The first kappa shape index (κ1) is 28.8. The average Bonchev–Trinajstić information content (AvgIpc) is 2.89. The number of hydrogen-bond donors (Lipinski definition) is 1. The fraction of sp³-hybridized carbons (Fsp3) is 0.500. The molecule has 3 aromatic rings. The van der Waals surface area contributed by atoms with Gasteiger partial charge in [0, 0.05) is 38.0 Å². The zero-order chi connectivity index (χ0) is 29.0. The Labute approximate surface area is 232 Å². The van der Waals surface area contributed by atoms with Crippen LogP contribution in [0.15, 0.2) is 35.3 Å². The lowest BCUT2D eigenvalue weighted by Gasteiger charge is -2.33. The molecule has 4 rings (SSSR count). The normalized spacial score (nSPS) is 14.3. The first-order valence-electron chi connectivity index (χ1n) is 13.3. The quantitative estimate of drug-likeness (QED) is 0.468.